The topological polar surface area (TPSA) is 110 Å². The van der Waals surface area contributed by atoms with Gasteiger partial charge in [-0.15, -0.1) is 0 Å². The lowest BCUT2D eigenvalue weighted by molar-refractivity contribution is -0.385. The third-order valence-electron chi connectivity index (χ3n) is 3.44. The number of nitro groups is 1. The molecule has 0 bridgehead atoms. The quantitative estimate of drug-likeness (QED) is 0.382. The largest absolute Gasteiger partial charge is 0.502 e. The van der Waals surface area contributed by atoms with Gasteiger partial charge in [-0.1, -0.05) is 24.3 Å². The molecule has 2 amide bonds. The summed E-state index contributed by atoms with van der Waals surface area (Å²) in [5.74, 6) is -1.52. The molecule has 0 unspecified atom stereocenters. The van der Waals surface area contributed by atoms with Crippen LogP contribution in [0.15, 0.2) is 42.5 Å². The number of phenolic OH excluding ortho intramolecular Hbond substituents is 1. The molecule has 1 aliphatic heterocycles. The summed E-state index contributed by atoms with van der Waals surface area (Å²) in [7, 11) is 0. The van der Waals surface area contributed by atoms with Crippen molar-refractivity contribution in [3.8, 4) is 5.75 Å². The number of nitrogens with zero attached hydrogens (tertiary/aromatic N) is 1. The highest BCUT2D eigenvalue weighted by molar-refractivity contribution is 6.33. The van der Waals surface area contributed by atoms with E-state index in [0.29, 0.717) is 16.7 Å². The second-order valence-corrected chi connectivity index (χ2v) is 4.89. The number of phenols is 1. The van der Waals surface area contributed by atoms with Gasteiger partial charge >= 0.3 is 5.69 Å². The van der Waals surface area contributed by atoms with Crippen LogP contribution in [0.1, 0.15) is 21.5 Å². The van der Waals surface area contributed by atoms with Crippen LogP contribution in [0.3, 0.4) is 0 Å². The SMILES string of the molecule is O=C1NC(=O)c2ccccc2/C1=C/c1ccc(O)c([N+](=O)[O-])c1. The maximum atomic E-state index is 12.1. The molecule has 7 nitrogen and oxygen atoms in total. The fourth-order valence-corrected chi connectivity index (χ4v) is 2.36. The van der Waals surface area contributed by atoms with Gasteiger partial charge in [0.2, 0.25) is 0 Å². The van der Waals surface area contributed by atoms with Gasteiger partial charge in [0.05, 0.1) is 4.92 Å². The number of benzene rings is 2. The number of rotatable bonds is 2. The molecule has 0 saturated heterocycles. The number of carbonyl (C=O) groups excluding carboxylic acids is 2. The highest BCUT2D eigenvalue weighted by atomic mass is 16.6. The minimum atomic E-state index is -0.713. The second-order valence-electron chi connectivity index (χ2n) is 4.89. The molecule has 2 N–H and O–H groups in total. The molecule has 0 saturated carbocycles. The van der Waals surface area contributed by atoms with Gasteiger partial charge in [-0.2, -0.15) is 0 Å². The van der Waals surface area contributed by atoms with E-state index in [-0.39, 0.29) is 5.57 Å². The zero-order chi connectivity index (χ0) is 16.6. The molecule has 0 aromatic heterocycles. The molecule has 114 valence electrons. The number of hydrogen-bond donors (Lipinski definition) is 2. The summed E-state index contributed by atoms with van der Waals surface area (Å²) in [6, 6.07) is 10.4. The van der Waals surface area contributed by atoms with E-state index in [4.69, 9.17) is 0 Å². The summed E-state index contributed by atoms with van der Waals surface area (Å²) in [5, 5.41) is 22.6. The predicted molar refractivity (Wildman–Crippen MR) is 81.5 cm³/mol. The summed E-state index contributed by atoms with van der Waals surface area (Å²) in [6.07, 6.45) is 1.44. The van der Waals surface area contributed by atoms with Gasteiger partial charge in [-0.3, -0.25) is 25.0 Å². The Balaban J connectivity index is 2.14. The van der Waals surface area contributed by atoms with E-state index in [1.54, 1.807) is 24.3 Å². The Morgan fingerprint density at radius 2 is 1.74 bits per heavy atom. The Labute approximate surface area is 130 Å². The van der Waals surface area contributed by atoms with Gasteiger partial charge in [0.15, 0.2) is 5.75 Å². The molecular weight excluding hydrogens is 300 g/mol. The van der Waals surface area contributed by atoms with Crippen molar-refractivity contribution in [2.75, 3.05) is 0 Å². The van der Waals surface area contributed by atoms with Crippen molar-refractivity contribution < 1.29 is 19.6 Å². The minimum Gasteiger partial charge on any atom is -0.502 e. The van der Waals surface area contributed by atoms with Crippen LogP contribution in [0.2, 0.25) is 0 Å². The van der Waals surface area contributed by atoms with E-state index in [2.05, 4.69) is 5.32 Å². The molecular formula is C16H10N2O5. The van der Waals surface area contributed by atoms with E-state index in [0.717, 1.165) is 6.07 Å². The number of aromatic hydroxyl groups is 1. The third kappa shape index (κ3) is 2.55. The Morgan fingerprint density at radius 1 is 1.04 bits per heavy atom. The highest BCUT2D eigenvalue weighted by Gasteiger charge is 2.26. The number of nitro benzene ring substituents is 1. The lowest BCUT2D eigenvalue weighted by Crippen LogP contribution is -2.36. The average Bonchev–Trinajstić information content (AvgIpc) is 2.52. The summed E-state index contributed by atoms with van der Waals surface area (Å²) >= 11 is 0. The van der Waals surface area contributed by atoms with Crippen LogP contribution in [0.4, 0.5) is 5.69 Å². The van der Waals surface area contributed by atoms with Crippen molar-refractivity contribution in [3.05, 3.63) is 69.3 Å². The summed E-state index contributed by atoms with van der Waals surface area (Å²) < 4.78 is 0. The molecule has 0 radical (unpaired) electrons. The number of imide groups is 1. The molecule has 0 atom stereocenters. The Hall–Kier alpha value is -3.48. The Morgan fingerprint density at radius 3 is 2.43 bits per heavy atom. The molecule has 3 rings (SSSR count). The molecule has 1 heterocycles. The van der Waals surface area contributed by atoms with Crippen LogP contribution in [0, 0.1) is 10.1 Å². The lowest BCUT2D eigenvalue weighted by atomic mass is 9.93. The molecule has 23 heavy (non-hydrogen) atoms. The van der Waals surface area contributed by atoms with E-state index in [9.17, 15) is 24.8 Å². The van der Waals surface area contributed by atoms with Gasteiger partial charge in [-0.05, 0) is 29.3 Å². The average molecular weight is 310 g/mol. The smallest absolute Gasteiger partial charge is 0.311 e. The number of amides is 2. The lowest BCUT2D eigenvalue weighted by Gasteiger charge is -2.17. The fourth-order valence-electron chi connectivity index (χ4n) is 2.36. The van der Waals surface area contributed by atoms with Gasteiger partial charge in [0, 0.05) is 17.2 Å². The summed E-state index contributed by atoms with van der Waals surface area (Å²) in [5.41, 5.74) is 0.938. The number of nitrogens with one attached hydrogen (secondary N) is 1. The van der Waals surface area contributed by atoms with Gasteiger partial charge in [-0.25, -0.2) is 0 Å². The van der Waals surface area contributed by atoms with Crippen LogP contribution in [0.25, 0.3) is 11.6 Å². The molecule has 0 aliphatic carbocycles. The normalized spacial score (nSPS) is 15.2. The first-order valence-electron chi connectivity index (χ1n) is 6.61. The van der Waals surface area contributed by atoms with Crippen LogP contribution < -0.4 is 5.32 Å². The number of carbonyl (C=O) groups is 2. The van der Waals surface area contributed by atoms with Crippen molar-refractivity contribution in [2.24, 2.45) is 0 Å². The van der Waals surface area contributed by atoms with Crippen LogP contribution >= 0.6 is 0 Å². The van der Waals surface area contributed by atoms with Crippen molar-refractivity contribution in [2.45, 2.75) is 0 Å². The first-order chi connectivity index (χ1) is 11.0. The van der Waals surface area contributed by atoms with E-state index in [1.807, 2.05) is 0 Å². The Bertz CT molecular complexity index is 886. The fraction of sp³-hybridized carbons (Fsp3) is 0. The van der Waals surface area contributed by atoms with Gasteiger partial charge in [0.25, 0.3) is 11.8 Å². The van der Waals surface area contributed by atoms with Crippen molar-refractivity contribution in [3.63, 3.8) is 0 Å². The molecule has 0 spiro atoms. The maximum Gasteiger partial charge on any atom is 0.311 e. The van der Waals surface area contributed by atoms with Crippen LogP contribution in [-0.2, 0) is 4.79 Å². The van der Waals surface area contributed by atoms with Gasteiger partial charge < -0.3 is 5.11 Å². The zero-order valence-corrected chi connectivity index (χ0v) is 11.6. The predicted octanol–water partition coefficient (Wildman–Crippen LogP) is 2.11. The molecule has 7 heteroatoms. The monoisotopic (exact) mass is 310 g/mol. The van der Waals surface area contributed by atoms with E-state index < -0.39 is 28.2 Å². The van der Waals surface area contributed by atoms with E-state index in [1.165, 1.54) is 18.2 Å². The zero-order valence-electron chi connectivity index (χ0n) is 11.6. The molecule has 2 aromatic carbocycles. The number of fused-ring (bicyclic) bond motifs is 1. The van der Waals surface area contributed by atoms with Crippen molar-refractivity contribution in [1.29, 1.82) is 0 Å². The van der Waals surface area contributed by atoms with E-state index >= 15 is 0 Å². The molecule has 1 aliphatic rings. The second kappa shape index (κ2) is 5.38. The summed E-state index contributed by atoms with van der Waals surface area (Å²) in [6.45, 7) is 0. The van der Waals surface area contributed by atoms with Gasteiger partial charge in [0.1, 0.15) is 0 Å². The summed E-state index contributed by atoms with van der Waals surface area (Å²) in [4.78, 5) is 34.0. The van der Waals surface area contributed by atoms with Crippen LogP contribution in [0.5, 0.6) is 5.75 Å². The third-order valence-corrected chi connectivity index (χ3v) is 3.44. The highest BCUT2D eigenvalue weighted by Crippen LogP contribution is 2.30. The van der Waals surface area contributed by atoms with Crippen molar-refractivity contribution >= 4 is 29.2 Å². The standard InChI is InChI=1S/C16H10N2O5/c19-14-6-5-9(8-13(14)18(22)23)7-12-10-3-1-2-4-11(10)15(20)17-16(12)21/h1-8,19H,(H,17,20,21)/b12-7-. The Kier molecular flexibility index (Phi) is 3.38. The van der Waals surface area contributed by atoms with Crippen molar-refractivity contribution in [1.82, 2.24) is 5.32 Å². The number of hydrogen-bond acceptors (Lipinski definition) is 5. The minimum absolute atomic E-state index is 0.222. The maximum absolute atomic E-state index is 12.1. The molecule has 2 aromatic rings. The first-order valence-corrected chi connectivity index (χ1v) is 6.61. The first kappa shape index (κ1) is 14.5. The molecule has 0 fully saturated rings. The van der Waals surface area contributed by atoms with Crippen LogP contribution in [-0.4, -0.2) is 21.8 Å².